The van der Waals surface area contributed by atoms with Crippen molar-refractivity contribution < 1.29 is 23.8 Å². The molecule has 0 heterocycles. The summed E-state index contributed by atoms with van der Waals surface area (Å²) in [6, 6.07) is 10.00. The van der Waals surface area contributed by atoms with Crippen LogP contribution in [0, 0.1) is 0 Å². The normalized spacial score (nSPS) is 10.1. The molecular formula is C20H25N3O5. The van der Waals surface area contributed by atoms with Gasteiger partial charge in [-0.1, -0.05) is 12.1 Å². The first-order chi connectivity index (χ1) is 13.5. The van der Waals surface area contributed by atoms with Gasteiger partial charge in [-0.3, -0.25) is 4.79 Å². The van der Waals surface area contributed by atoms with Crippen molar-refractivity contribution >= 4 is 11.9 Å². The zero-order valence-electron chi connectivity index (χ0n) is 16.2. The molecule has 0 atom stereocenters. The van der Waals surface area contributed by atoms with Crippen molar-refractivity contribution in [3.63, 3.8) is 0 Å². The molecule has 3 amide bonds. The van der Waals surface area contributed by atoms with Crippen LogP contribution in [0.5, 0.6) is 17.2 Å². The van der Waals surface area contributed by atoms with Crippen molar-refractivity contribution in [2.45, 2.75) is 20.0 Å². The lowest BCUT2D eigenvalue weighted by Crippen LogP contribution is -2.34. The van der Waals surface area contributed by atoms with Gasteiger partial charge in [0.1, 0.15) is 0 Å². The molecule has 0 spiro atoms. The molecule has 2 rings (SSSR count). The number of ether oxygens (including phenoxy) is 3. The summed E-state index contributed by atoms with van der Waals surface area (Å²) in [6.07, 6.45) is 0. The molecule has 0 aromatic heterocycles. The predicted octanol–water partition coefficient (Wildman–Crippen LogP) is 2.20. The Labute approximate surface area is 164 Å². The van der Waals surface area contributed by atoms with Crippen LogP contribution in [0.1, 0.15) is 28.4 Å². The molecule has 2 aromatic carbocycles. The van der Waals surface area contributed by atoms with Gasteiger partial charge in [0.25, 0.3) is 0 Å². The first-order valence-electron chi connectivity index (χ1n) is 8.76. The molecule has 28 heavy (non-hydrogen) atoms. The maximum absolute atomic E-state index is 12.1. The van der Waals surface area contributed by atoms with E-state index >= 15 is 0 Å². The smallest absolute Gasteiger partial charge is 0.315 e. The van der Waals surface area contributed by atoms with Crippen LogP contribution < -0.4 is 30.6 Å². The Morgan fingerprint density at radius 1 is 0.964 bits per heavy atom. The van der Waals surface area contributed by atoms with Crippen LogP contribution in [0.4, 0.5) is 4.79 Å². The quantitative estimate of drug-likeness (QED) is 0.611. The van der Waals surface area contributed by atoms with E-state index < -0.39 is 5.91 Å². The number of rotatable bonds is 9. The highest BCUT2D eigenvalue weighted by atomic mass is 16.5. The van der Waals surface area contributed by atoms with Gasteiger partial charge < -0.3 is 30.6 Å². The van der Waals surface area contributed by atoms with E-state index in [4.69, 9.17) is 19.9 Å². The molecule has 0 radical (unpaired) electrons. The van der Waals surface area contributed by atoms with Crippen molar-refractivity contribution in [1.29, 1.82) is 0 Å². The third-order valence-corrected chi connectivity index (χ3v) is 3.93. The average Bonchev–Trinajstić information content (AvgIpc) is 2.71. The zero-order chi connectivity index (χ0) is 20.5. The number of benzene rings is 2. The monoisotopic (exact) mass is 387 g/mol. The van der Waals surface area contributed by atoms with Crippen LogP contribution in [-0.4, -0.2) is 32.8 Å². The number of carbonyl (C=O) groups is 2. The fraction of sp³-hybridized carbons (Fsp3) is 0.300. The maximum Gasteiger partial charge on any atom is 0.315 e. The van der Waals surface area contributed by atoms with Gasteiger partial charge >= 0.3 is 6.03 Å². The summed E-state index contributed by atoms with van der Waals surface area (Å²) in [7, 11) is 3.09. The van der Waals surface area contributed by atoms with Gasteiger partial charge in [0.05, 0.1) is 20.8 Å². The second-order valence-corrected chi connectivity index (χ2v) is 5.86. The van der Waals surface area contributed by atoms with Gasteiger partial charge in [-0.05, 0) is 42.3 Å². The summed E-state index contributed by atoms with van der Waals surface area (Å²) in [4.78, 5) is 23.3. The van der Waals surface area contributed by atoms with Crippen molar-refractivity contribution in [3.8, 4) is 17.2 Å². The number of urea groups is 1. The lowest BCUT2D eigenvalue weighted by Gasteiger charge is -2.15. The first-order valence-corrected chi connectivity index (χ1v) is 8.76. The Morgan fingerprint density at radius 2 is 1.57 bits per heavy atom. The number of nitrogens with two attached hydrogens (primary N) is 1. The lowest BCUT2D eigenvalue weighted by molar-refractivity contribution is 0.1000. The van der Waals surface area contributed by atoms with Gasteiger partial charge in [0, 0.05) is 18.7 Å². The minimum absolute atomic E-state index is 0.267. The third kappa shape index (κ3) is 5.54. The largest absolute Gasteiger partial charge is 0.493 e. The highest BCUT2D eigenvalue weighted by molar-refractivity contribution is 5.92. The topological polar surface area (TPSA) is 112 Å². The molecule has 0 fully saturated rings. The van der Waals surface area contributed by atoms with Crippen LogP contribution in [-0.2, 0) is 13.1 Å². The Bertz CT molecular complexity index is 813. The number of carbonyl (C=O) groups excluding carboxylic acids is 2. The lowest BCUT2D eigenvalue weighted by atomic mass is 10.1. The number of hydrogen-bond donors (Lipinski definition) is 3. The molecule has 0 aliphatic carbocycles. The minimum Gasteiger partial charge on any atom is -0.493 e. The maximum atomic E-state index is 12.1. The van der Waals surface area contributed by atoms with Crippen LogP contribution in [0.15, 0.2) is 36.4 Å². The molecule has 150 valence electrons. The van der Waals surface area contributed by atoms with E-state index in [0.29, 0.717) is 29.4 Å². The van der Waals surface area contributed by atoms with Crippen LogP contribution in [0.3, 0.4) is 0 Å². The summed E-state index contributed by atoms with van der Waals surface area (Å²) >= 11 is 0. The molecule has 8 heteroatoms. The first kappa shape index (κ1) is 20.9. The Kier molecular flexibility index (Phi) is 7.50. The van der Waals surface area contributed by atoms with Crippen LogP contribution in [0.2, 0.25) is 0 Å². The second kappa shape index (κ2) is 10.1. The zero-order valence-corrected chi connectivity index (χ0v) is 16.2. The minimum atomic E-state index is -0.510. The standard InChI is InChI=1S/C20H25N3O5/c1-4-28-18-16(26-2)9-14(10-17(18)27-3)12-23-20(25)22-11-13-6-5-7-15(8-13)19(21)24/h5-10H,4,11-12H2,1-3H3,(H2,21,24)(H2,22,23,25). The summed E-state index contributed by atoms with van der Waals surface area (Å²) in [5, 5.41) is 5.50. The molecule has 0 saturated carbocycles. The fourth-order valence-corrected chi connectivity index (χ4v) is 2.58. The van der Waals surface area contributed by atoms with E-state index in [1.54, 1.807) is 50.6 Å². The molecular weight excluding hydrogens is 362 g/mol. The Hall–Kier alpha value is -3.42. The number of nitrogens with one attached hydrogen (secondary N) is 2. The SMILES string of the molecule is CCOc1c(OC)cc(CNC(=O)NCc2cccc(C(N)=O)c2)cc1OC. The van der Waals surface area contributed by atoms with E-state index in [1.165, 1.54) is 0 Å². The van der Waals surface area contributed by atoms with Crippen molar-refractivity contribution in [3.05, 3.63) is 53.1 Å². The number of primary amides is 1. The molecule has 2 aromatic rings. The van der Waals surface area contributed by atoms with Crippen molar-refractivity contribution in [2.24, 2.45) is 5.73 Å². The molecule has 0 saturated heterocycles. The molecule has 0 unspecified atom stereocenters. The fourth-order valence-electron chi connectivity index (χ4n) is 2.58. The highest BCUT2D eigenvalue weighted by Gasteiger charge is 2.14. The van der Waals surface area contributed by atoms with E-state index in [0.717, 1.165) is 11.1 Å². The van der Waals surface area contributed by atoms with E-state index in [9.17, 15) is 9.59 Å². The van der Waals surface area contributed by atoms with E-state index in [2.05, 4.69) is 10.6 Å². The van der Waals surface area contributed by atoms with Gasteiger partial charge in [0.2, 0.25) is 11.7 Å². The molecule has 0 bridgehead atoms. The molecule has 0 aliphatic heterocycles. The molecule has 0 aliphatic rings. The van der Waals surface area contributed by atoms with E-state index in [1.807, 2.05) is 6.92 Å². The highest BCUT2D eigenvalue weighted by Crippen LogP contribution is 2.38. The van der Waals surface area contributed by atoms with Crippen LogP contribution >= 0.6 is 0 Å². The molecule has 4 N–H and O–H groups in total. The second-order valence-electron chi connectivity index (χ2n) is 5.86. The summed E-state index contributed by atoms with van der Waals surface area (Å²) in [5.41, 5.74) is 7.22. The average molecular weight is 387 g/mol. The van der Waals surface area contributed by atoms with Gasteiger partial charge in [-0.25, -0.2) is 4.79 Å². The summed E-state index contributed by atoms with van der Waals surface area (Å²) < 4.78 is 16.3. The van der Waals surface area contributed by atoms with Crippen LogP contribution in [0.25, 0.3) is 0 Å². The van der Waals surface area contributed by atoms with E-state index in [-0.39, 0.29) is 19.1 Å². The van der Waals surface area contributed by atoms with Gasteiger partial charge in [-0.2, -0.15) is 0 Å². The van der Waals surface area contributed by atoms with Gasteiger partial charge in [-0.15, -0.1) is 0 Å². The number of methoxy groups -OCH3 is 2. The molecule has 8 nitrogen and oxygen atoms in total. The van der Waals surface area contributed by atoms with Crippen molar-refractivity contribution in [2.75, 3.05) is 20.8 Å². The summed E-state index contributed by atoms with van der Waals surface area (Å²) in [5.74, 6) is 1.07. The third-order valence-electron chi connectivity index (χ3n) is 3.93. The Balaban J connectivity index is 1.97. The number of amides is 3. The van der Waals surface area contributed by atoms with Crippen molar-refractivity contribution in [1.82, 2.24) is 10.6 Å². The summed E-state index contributed by atoms with van der Waals surface area (Å²) in [6.45, 7) is 2.89. The number of hydrogen-bond acceptors (Lipinski definition) is 5. The predicted molar refractivity (Wildman–Crippen MR) is 105 cm³/mol. The Morgan fingerprint density at radius 3 is 2.11 bits per heavy atom. The van der Waals surface area contributed by atoms with Gasteiger partial charge in [0.15, 0.2) is 11.5 Å².